The van der Waals surface area contributed by atoms with E-state index in [4.69, 9.17) is 5.11 Å². The molecule has 0 heterocycles. The molecule has 0 bridgehead atoms. The van der Waals surface area contributed by atoms with Gasteiger partial charge in [-0.1, -0.05) is 38.1 Å². The highest BCUT2D eigenvalue weighted by molar-refractivity contribution is 5.77. The number of alkyl halides is 3. The zero-order valence-electron chi connectivity index (χ0n) is 10.2. The van der Waals surface area contributed by atoms with Crippen molar-refractivity contribution >= 4 is 5.97 Å². The molecule has 0 saturated carbocycles. The Bertz CT molecular complexity index is 407. The first-order valence-electron chi connectivity index (χ1n) is 5.60. The molecule has 0 fully saturated rings. The van der Waals surface area contributed by atoms with Gasteiger partial charge in [0.05, 0.1) is 0 Å². The van der Waals surface area contributed by atoms with E-state index in [2.05, 4.69) is 0 Å². The summed E-state index contributed by atoms with van der Waals surface area (Å²) in [7, 11) is 0. The van der Waals surface area contributed by atoms with Crippen molar-refractivity contribution in [2.45, 2.75) is 32.4 Å². The lowest BCUT2D eigenvalue weighted by molar-refractivity contribution is -0.176. The van der Waals surface area contributed by atoms with Crippen LogP contribution >= 0.6 is 0 Å². The van der Waals surface area contributed by atoms with Crippen molar-refractivity contribution in [2.24, 2.45) is 5.92 Å². The Morgan fingerprint density at radius 1 is 1.22 bits per heavy atom. The highest BCUT2D eigenvalue weighted by atomic mass is 19.4. The molecule has 0 amide bonds. The van der Waals surface area contributed by atoms with Crippen LogP contribution in [0.25, 0.3) is 0 Å². The van der Waals surface area contributed by atoms with Gasteiger partial charge in [-0.2, -0.15) is 13.2 Å². The standard InChI is InChI=1S/C13H15F3O2/c1-8(2)7-9-3-5-10(6-4-9)11(12(17)18)13(14,15)16/h3-6,8,11H,7H2,1-2H3,(H,17,18). The molecule has 1 aromatic rings. The fourth-order valence-corrected chi connectivity index (χ4v) is 1.79. The van der Waals surface area contributed by atoms with Crippen LogP contribution in [-0.4, -0.2) is 17.3 Å². The third-order valence-corrected chi connectivity index (χ3v) is 2.53. The summed E-state index contributed by atoms with van der Waals surface area (Å²) in [5.74, 6) is -3.93. The number of carboxylic acid groups (broad SMARTS) is 1. The highest BCUT2D eigenvalue weighted by Crippen LogP contribution is 2.35. The lowest BCUT2D eigenvalue weighted by atomic mass is 9.95. The summed E-state index contributed by atoms with van der Waals surface area (Å²) in [5, 5.41) is 8.66. The van der Waals surface area contributed by atoms with Gasteiger partial charge in [-0.3, -0.25) is 4.79 Å². The molecule has 1 N–H and O–H groups in total. The van der Waals surface area contributed by atoms with Crippen LogP contribution in [0, 0.1) is 5.92 Å². The second-order valence-corrected chi connectivity index (χ2v) is 4.65. The SMILES string of the molecule is CC(C)Cc1ccc(C(C(=O)O)C(F)(F)F)cc1. The number of rotatable bonds is 4. The molecule has 0 saturated heterocycles. The summed E-state index contributed by atoms with van der Waals surface area (Å²) in [6, 6.07) is 5.59. The zero-order valence-corrected chi connectivity index (χ0v) is 10.2. The normalized spacial score (nSPS) is 13.7. The predicted octanol–water partition coefficient (Wildman–Crippen LogP) is 3.62. The number of hydrogen-bond donors (Lipinski definition) is 1. The molecule has 2 nitrogen and oxygen atoms in total. The molecule has 0 aliphatic carbocycles. The van der Waals surface area contributed by atoms with Crippen molar-refractivity contribution in [1.29, 1.82) is 0 Å². The van der Waals surface area contributed by atoms with E-state index in [9.17, 15) is 18.0 Å². The Morgan fingerprint density at radius 2 is 1.72 bits per heavy atom. The topological polar surface area (TPSA) is 37.3 Å². The predicted molar refractivity (Wildman–Crippen MR) is 61.4 cm³/mol. The molecule has 100 valence electrons. The van der Waals surface area contributed by atoms with Gasteiger partial charge >= 0.3 is 12.1 Å². The summed E-state index contributed by atoms with van der Waals surface area (Å²) in [6.45, 7) is 4.01. The molecule has 1 rings (SSSR count). The Morgan fingerprint density at radius 3 is 2.06 bits per heavy atom. The Kier molecular flexibility index (Phi) is 4.38. The molecule has 5 heteroatoms. The van der Waals surface area contributed by atoms with Gasteiger partial charge in [0.1, 0.15) is 0 Å². The van der Waals surface area contributed by atoms with E-state index in [0.717, 1.165) is 12.0 Å². The van der Waals surface area contributed by atoms with E-state index < -0.39 is 18.1 Å². The van der Waals surface area contributed by atoms with E-state index in [1.54, 1.807) is 12.1 Å². The van der Waals surface area contributed by atoms with Crippen LogP contribution in [0.5, 0.6) is 0 Å². The lowest BCUT2D eigenvalue weighted by Crippen LogP contribution is -2.28. The summed E-state index contributed by atoms with van der Waals surface area (Å²) >= 11 is 0. The summed E-state index contributed by atoms with van der Waals surface area (Å²) in [6.07, 6.45) is -4.02. The van der Waals surface area contributed by atoms with Crippen molar-refractivity contribution in [3.05, 3.63) is 35.4 Å². The Hall–Kier alpha value is -1.52. The van der Waals surface area contributed by atoms with Gasteiger partial charge < -0.3 is 5.11 Å². The van der Waals surface area contributed by atoms with E-state index in [1.165, 1.54) is 12.1 Å². The first-order chi connectivity index (χ1) is 8.21. The smallest absolute Gasteiger partial charge is 0.406 e. The van der Waals surface area contributed by atoms with E-state index >= 15 is 0 Å². The van der Waals surface area contributed by atoms with Gasteiger partial charge in [-0.25, -0.2) is 0 Å². The second kappa shape index (κ2) is 5.42. The number of benzene rings is 1. The number of carboxylic acids is 1. The Balaban J connectivity index is 2.98. The number of aliphatic carboxylic acids is 1. The molecule has 0 spiro atoms. The summed E-state index contributed by atoms with van der Waals surface area (Å²) < 4.78 is 37.8. The number of hydrogen-bond acceptors (Lipinski definition) is 1. The zero-order chi connectivity index (χ0) is 13.9. The molecule has 0 aliphatic heterocycles. The largest absolute Gasteiger partial charge is 0.481 e. The van der Waals surface area contributed by atoms with Gasteiger partial charge in [-0.05, 0) is 23.5 Å². The van der Waals surface area contributed by atoms with Crippen molar-refractivity contribution in [1.82, 2.24) is 0 Å². The van der Waals surface area contributed by atoms with Crippen LogP contribution in [0.2, 0.25) is 0 Å². The average molecular weight is 260 g/mol. The third-order valence-electron chi connectivity index (χ3n) is 2.53. The molecule has 1 unspecified atom stereocenters. The third kappa shape index (κ3) is 3.75. The van der Waals surface area contributed by atoms with Crippen LogP contribution in [0.3, 0.4) is 0 Å². The maximum Gasteiger partial charge on any atom is 0.406 e. The molecule has 0 aliphatic rings. The maximum atomic E-state index is 12.6. The number of carbonyl (C=O) groups is 1. The monoisotopic (exact) mass is 260 g/mol. The van der Waals surface area contributed by atoms with Crippen LogP contribution < -0.4 is 0 Å². The van der Waals surface area contributed by atoms with E-state index in [-0.39, 0.29) is 5.56 Å². The minimum atomic E-state index is -4.77. The first kappa shape index (κ1) is 14.5. The number of halogens is 3. The fourth-order valence-electron chi connectivity index (χ4n) is 1.79. The molecule has 0 radical (unpaired) electrons. The van der Waals surface area contributed by atoms with E-state index in [1.807, 2.05) is 13.8 Å². The van der Waals surface area contributed by atoms with E-state index in [0.29, 0.717) is 5.92 Å². The Labute approximate surface area is 103 Å². The highest BCUT2D eigenvalue weighted by Gasteiger charge is 2.46. The molecule has 1 atom stereocenters. The fraction of sp³-hybridized carbons (Fsp3) is 0.462. The van der Waals surface area contributed by atoms with Crippen LogP contribution in [0.15, 0.2) is 24.3 Å². The van der Waals surface area contributed by atoms with Gasteiger partial charge in [0.25, 0.3) is 0 Å². The van der Waals surface area contributed by atoms with Crippen molar-refractivity contribution in [3.8, 4) is 0 Å². The van der Waals surface area contributed by atoms with Crippen LogP contribution in [0.1, 0.15) is 30.9 Å². The van der Waals surface area contributed by atoms with Crippen LogP contribution in [-0.2, 0) is 11.2 Å². The van der Waals surface area contributed by atoms with Gasteiger partial charge in [0.2, 0.25) is 0 Å². The van der Waals surface area contributed by atoms with Crippen molar-refractivity contribution in [2.75, 3.05) is 0 Å². The van der Waals surface area contributed by atoms with Crippen molar-refractivity contribution in [3.63, 3.8) is 0 Å². The second-order valence-electron chi connectivity index (χ2n) is 4.65. The first-order valence-corrected chi connectivity index (χ1v) is 5.60. The molecule has 1 aromatic carbocycles. The molecular weight excluding hydrogens is 245 g/mol. The summed E-state index contributed by atoms with van der Waals surface area (Å²) in [4.78, 5) is 10.7. The van der Waals surface area contributed by atoms with Crippen molar-refractivity contribution < 1.29 is 23.1 Å². The minimum absolute atomic E-state index is 0.234. The van der Waals surface area contributed by atoms with Gasteiger partial charge in [-0.15, -0.1) is 0 Å². The minimum Gasteiger partial charge on any atom is -0.481 e. The van der Waals surface area contributed by atoms with Gasteiger partial charge in [0.15, 0.2) is 5.92 Å². The maximum absolute atomic E-state index is 12.6. The summed E-state index contributed by atoms with van der Waals surface area (Å²) in [5.41, 5.74) is 0.669. The molecule has 18 heavy (non-hydrogen) atoms. The molecular formula is C13H15F3O2. The quantitative estimate of drug-likeness (QED) is 0.897. The van der Waals surface area contributed by atoms with Crippen LogP contribution in [0.4, 0.5) is 13.2 Å². The lowest BCUT2D eigenvalue weighted by Gasteiger charge is -2.16. The van der Waals surface area contributed by atoms with Gasteiger partial charge in [0, 0.05) is 0 Å². The molecule has 0 aromatic heterocycles. The average Bonchev–Trinajstić information content (AvgIpc) is 2.17.